The number of fused-ring (bicyclic) bond motifs is 1. The average Bonchev–Trinajstić information content (AvgIpc) is 3.14. The Morgan fingerprint density at radius 2 is 2.10 bits per heavy atom. The molecule has 8 heteroatoms. The molecular formula is C12H10F3N5. The second-order valence-electron chi connectivity index (χ2n) is 4.81. The Balaban J connectivity index is 2.16. The molecule has 1 aliphatic carbocycles. The molecule has 0 spiro atoms. The van der Waals surface area contributed by atoms with E-state index in [9.17, 15) is 13.2 Å². The fourth-order valence-electron chi connectivity index (χ4n) is 2.21. The van der Waals surface area contributed by atoms with Gasteiger partial charge in [0, 0.05) is 4.91 Å². The zero-order chi connectivity index (χ0) is 14.3. The summed E-state index contributed by atoms with van der Waals surface area (Å²) in [7, 11) is 0. The summed E-state index contributed by atoms with van der Waals surface area (Å²) in [5.41, 5.74) is 8.86. The van der Waals surface area contributed by atoms with Gasteiger partial charge < -0.3 is 0 Å². The van der Waals surface area contributed by atoms with Crippen molar-refractivity contribution in [2.45, 2.75) is 31.5 Å². The first-order valence-corrected chi connectivity index (χ1v) is 6.09. The van der Waals surface area contributed by atoms with Gasteiger partial charge in [-0.15, -0.1) is 0 Å². The van der Waals surface area contributed by atoms with E-state index < -0.39 is 11.9 Å². The zero-order valence-electron chi connectivity index (χ0n) is 10.3. The highest BCUT2D eigenvalue weighted by Crippen LogP contribution is 2.42. The van der Waals surface area contributed by atoms with Gasteiger partial charge >= 0.3 is 6.18 Å². The molecule has 2 aromatic heterocycles. The maximum atomic E-state index is 13.1. The van der Waals surface area contributed by atoms with E-state index in [1.807, 2.05) is 0 Å². The van der Waals surface area contributed by atoms with Crippen LogP contribution in [-0.4, -0.2) is 9.61 Å². The van der Waals surface area contributed by atoms with E-state index in [1.54, 1.807) is 6.07 Å². The normalized spacial score (nSPS) is 15.3. The molecule has 0 N–H and O–H groups in total. The SMILES string of the molecule is [N-]=[N+]=NCc1cc2cc(C3CC3)cc(C(F)(F)F)n2n1. The van der Waals surface area contributed by atoms with Gasteiger partial charge in [-0.2, -0.15) is 18.3 Å². The number of rotatable bonds is 3. The third-order valence-electron chi connectivity index (χ3n) is 3.27. The van der Waals surface area contributed by atoms with Crippen molar-refractivity contribution in [2.75, 3.05) is 0 Å². The molecule has 1 aliphatic rings. The third kappa shape index (κ3) is 2.30. The Labute approximate surface area is 111 Å². The van der Waals surface area contributed by atoms with E-state index in [0.717, 1.165) is 23.4 Å². The number of alkyl halides is 3. The molecular weight excluding hydrogens is 271 g/mol. The number of halogens is 3. The molecule has 2 heterocycles. The largest absolute Gasteiger partial charge is 0.433 e. The van der Waals surface area contributed by atoms with Crippen molar-refractivity contribution >= 4 is 5.52 Å². The number of hydrogen-bond donors (Lipinski definition) is 0. The second kappa shape index (κ2) is 4.42. The summed E-state index contributed by atoms with van der Waals surface area (Å²) in [5.74, 6) is 0.219. The van der Waals surface area contributed by atoms with Gasteiger partial charge in [-0.25, -0.2) is 4.52 Å². The molecule has 104 valence electrons. The van der Waals surface area contributed by atoms with Gasteiger partial charge in [-0.1, -0.05) is 5.11 Å². The van der Waals surface area contributed by atoms with Crippen LogP contribution in [0.3, 0.4) is 0 Å². The molecule has 0 aliphatic heterocycles. The van der Waals surface area contributed by atoms with Gasteiger partial charge in [0.2, 0.25) is 0 Å². The number of aromatic nitrogens is 2. The van der Waals surface area contributed by atoms with Gasteiger partial charge in [0.25, 0.3) is 0 Å². The van der Waals surface area contributed by atoms with Gasteiger partial charge in [0.15, 0.2) is 0 Å². The highest BCUT2D eigenvalue weighted by molar-refractivity contribution is 5.53. The Morgan fingerprint density at radius 1 is 1.35 bits per heavy atom. The Bertz CT molecular complexity index is 708. The molecule has 20 heavy (non-hydrogen) atoms. The van der Waals surface area contributed by atoms with Crippen LogP contribution in [0.5, 0.6) is 0 Å². The van der Waals surface area contributed by atoms with Crippen LogP contribution in [0, 0.1) is 0 Å². The van der Waals surface area contributed by atoms with Crippen molar-refractivity contribution < 1.29 is 13.2 Å². The van der Waals surface area contributed by atoms with E-state index in [0.29, 0.717) is 16.8 Å². The fourth-order valence-corrected chi connectivity index (χ4v) is 2.21. The van der Waals surface area contributed by atoms with E-state index in [1.165, 1.54) is 6.07 Å². The van der Waals surface area contributed by atoms with E-state index in [2.05, 4.69) is 15.1 Å². The minimum absolute atomic E-state index is 0.0613. The lowest BCUT2D eigenvalue weighted by atomic mass is 10.1. The zero-order valence-corrected chi connectivity index (χ0v) is 10.3. The number of azide groups is 1. The Kier molecular flexibility index (Phi) is 2.83. The monoisotopic (exact) mass is 281 g/mol. The van der Waals surface area contributed by atoms with Crippen LogP contribution in [0.1, 0.15) is 35.7 Å². The van der Waals surface area contributed by atoms with Crippen molar-refractivity contribution in [1.82, 2.24) is 9.61 Å². The predicted molar refractivity (Wildman–Crippen MR) is 65.0 cm³/mol. The van der Waals surface area contributed by atoms with Crippen LogP contribution < -0.4 is 0 Å². The highest BCUT2D eigenvalue weighted by atomic mass is 19.4. The summed E-state index contributed by atoms with van der Waals surface area (Å²) in [6.07, 6.45) is -2.62. The van der Waals surface area contributed by atoms with Crippen LogP contribution in [0.4, 0.5) is 13.2 Å². The van der Waals surface area contributed by atoms with Crippen LogP contribution in [0.25, 0.3) is 16.0 Å². The van der Waals surface area contributed by atoms with E-state index in [-0.39, 0.29) is 12.5 Å². The predicted octanol–water partition coefficient (Wildman–Crippen LogP) is 4.04. The van der Waals surface area contributed by atoms with Gasteiger partial charge in [-0.05, 0) is 48.1 Å². The van der Waals surface area contributed by atoms with E-state index in [4.69, 9.17) is 5.53 Å². The Hall–Kier alpha value is -2.21. The molecule has 5 nitrogen and oxygen atoms in total. The molecule has 0 atom stereocenters. The van der Waals surface area contributed by atoms with Crippen LogP contribution in [0.15, 0.2) is 23.3 Å². The number of nitrogens with zero attached hydrogens (tertiary/aromatic N) is 5. The lowest BCUT2D eigenvalue weighted by Gasteiger charge is -2.11. The smallest absolute Gasteiger partial charge is 0.228 e. The van der Waals surface area contributed by atoms with Crippen LogP contribution in [-0.2, 0) is 12.7 Å². The minimum Gasteiger partial charge on any atom is -0.228 e. The molecule has 2 aromatic rings. The standard InChI is InChI=1S/C12H10F3N5/c13-12(14,15)11-4-8(7-1-2-7)3-10-5-9(6-17-19-16)18-20(10)11/h3-5,7H,1-2,6H2. The summed E-state index contributed by atoms with van der Waals surface area (Å²) in [4.78, 5) is 2.58. The summed E-state index contributed by atoms with van der Waals surface area (Å²) in [5, 5.41) is 7.19. The van der Waals surface area contributed by atoms with Crippen molar-refractivity contribution in [1.29, 1.82) is 0 Å². The summed E-state index contributed by atoms with van der Waals surface area (Å²) >= 11 is 0. The molecule has 3 rings (SSSR count). The fraction of sp³-hybridized carbons (Fsp3) is 0.417. The summed E-state index contributed by atoms with van der Waals surface area (Å²) < 4.78 is 40.2. The molecule has 0 amide bonds. The molecule has 0 saturated heterocycles. The minimum atomic E-state index is -4.47. The second-order valence-corrected chi connectivity index (χ2v) is 4.81. The van der Waals surface area contributed by atoms with Crippen LogP contribution in [0.2, 0.25) is 0 Å². The van der Waals surface area contributed by atoms with Crippen molar-refractivity contribution in [3.05, 3.63) is 45.6 Å². The maximum Gasteiger partial charge on any atom is 0.433 e. The quantitative estimate of drug-likeness (QED) is 0.475. The number of pyridine rings is 1. The van der Waals surface area contributed by atoms with Gasteiger partial charge in [0.1, 0.15) is 5.69 Å². The topological polar surface area (TPSA) is 66.1 Å². The molecule has 0 radical (unpaired) electrons. The maximum absolute atomic E-state index is 13.1. The van der Waals surface area contributed by atoms with Crippen molar-refractivity contribution in [3.63, 3.8) is 0 Å². The van der Waals surface area contributed by atoms with Gasteiger partial charge in [0.05, 0.1) is 17.8 Å². The lowest BCUT2D eigenvalue weighted by Crippen LogP contribution is -2.13. The number of hydrogen-bond acceptors (Lipinski definition) is 2. The van der Waals surface area contributed by atoms with Crippen molar-refractivity contribution in [3.8, 4) is 0 Å². The van der Waals surface area contributed by atoms with E-state index >= 15 is 0 Å². The Morgan fingerprint density at radius 3 is 2.70 bits per heavy atom. The summed E-state index contributed by atoms with van der Waals surface area (Å²) in [6.45, 7) is -0.0613. The van der Waals surface area contributed by atoms with Gasteiger partial charge in [-0.3, -0.25) is 0 Å². The molecule has 0 bridgehead atoms. The van der Waals surface area contributed by atoms with Crippen molar-refractivity contribution in [2.24, 2.45) is 5.11 Å². The molecule has 1 fully saturated rings. The summed E-state index contributed by atoms with van der Waals surface area (Å²) in [6, 6.07) is 4.41. The average molecular weight is 281 g/mol. The highest BCUT2D eigenvalue weighted by Gasteiger charge is 2.36. The molecule has 1 saturated carbocycles. The first kappa shape index (κ1) is 12.8. The first-order chi connectivity index (χ1) is 9.49. The molecule has 0 aromatic carbocycles. The third-order valence-corrected chi connectivity index (χ3v) is 3.27. The van der Waals surface area contributed by atoms with Crippen LogP contribution >= 0.6 is 0 Å². The first-order valence-electron chi connectivity index (χ1n) is 6.09. The lowest BCUT2D eigenvalue weighted by molar-refractivity contribution is -0.142. The molecule has 0 unspecified atom stereocenters.